The van der Waals surface area contributed by atoms with Crippen LogP contribution in [-0.4, -0.2) is 11.8 Å². The summed E-state index contributed by atoms with van der Waals surface area (Å²) < 4.78 is 0. The van der Waals surface area contributed by atoms with Crippen LogP contribution in [0.3, 0.4) is 0 Å². The second-order valence-electron chi connectivity index (χ2n) is 9.16. The fraction of sp³-hybridized carbons (Fsp3) is 0.188. The summed E-state index contributed by atoms with van der Waals surface area (Å²) >= 11 is 0. The standard InChI is InChI=1S/C32H32N2O2/c1-25(23-31(35)33(27-15-7-3-8-16-27)28-17-9-4-10-18-28)26(2)24-32(36)34(29-19-11-5-12-20-29)30-21-13-6-14-22-30/h3-22,25-26H,23-24H2,1-2H3/t25-,26-/m0/s1. The summed E-state index contributed by atoms with van der Waals surface area (Å²) in [6.07, 6.45) is 0.684. The van der Waals surface area contributed by atoms with E-state index in [1.54, 1.807) is 9.80 Å². The van der Waals surface area contributed by atoms with Crippen LogP contribution in [0.5, 0.6) is 0 Å². The van der Waals surface area contributed by atoms with Crippen molar-refractivity contribution < 1.29 is 9.59 Å². The number of amides is 2. The highest BCUT2D eigenvalue weighted by molar-refractivity contribution is 6.01. The topological polar surface area (TPSA) is 40.6 Å². The predicted octanol–water partition coefficient (Wildman–Crippen LogP) is 7.77. The third-order valence-corrected chi connectivity index (χ3v) is 6.52. The largest absolute Gasteiger partial charge is 0.281 e. The Hall–Kier alpha value is -4.18. The molecule has 4 aromatic rings. The van der Waals surface area contributed by atoms with Crippen molar-refractivity contribution in [1.29, 1.82) is 0 Å². The molecule has 0 heterocycles. The average molecular weight is 477 g/mol. The lowest BCUT2D eigenvalue weighted by molar-refractivity contribution is -0.121. The molecule has 0 fully saturated rings. The molecule has 0 aromatic heterocycles. The van der Waals surface area contributed by atoms with E-state index < -0.39 is 0 Å². The Morgan fingerprint density at radius 3 is 0.917 bits per heavy atom. The number of para-hydroxylation sites is 4. The number of rotatable bonds is 9. The number of benzene rings is 4. The van der Waals surface area contributed by atoms with E-state index in [0.717, 1.165) is 22.7 Å². The van der Waals surface area contributed by atoms with E-state index in [0.29, 0.717) is 12.8 Å². The number of hydrogen-bond acceptors (Lipinski definition) is 2. The van der Waals surface area contributed by atoms with Crippen molar-refractivity contribution in [1.82, 2.24) is 0 Å². The first-order chi connectivity index (χ1) is 17.5. The summed E-state index contributed by atoms with van der Waals surface area (Å²) in [7, 11) is 0. The summed E-state index contributed by atoms with van der Waals surface area (Å²) in [6, 6.07) is 38.8. The quantitative estimate of drug-likeness (QED) is 0.248. The minimum atomic E-state index is 0.0159. The van der Waals surface area contributed by atoms with Crippen molar-refractivity contribution in [3.63, 3.8) is 0 Å². The van der Waals surface area contributed by atoms with Crippen LogP contribution in [-0.2, 0) is 9.59 Å². The van der Waals surface area contributed by atoms with Gasteiger partial charge in [-0.05, 0) is 60.4 Å². The van der Waals surface area contributed by atoms with Gasteiger partial charge >= 0.3 is 0 Å². The number of anilines is 4. The number of nitrogens with zero attached hydrogens (tertiary/aromatic N) is 2. The molecule has 0 aliphatic heterocycles. The minimum absolute atomic E-state index is 0.0159. The highest BCUT2D eigenvalue weighted by Gasteiger charge is 2.26. The molecular weight excluding hydrogens is 444 g/mol. The molecule has 0 radical (unpaired) electrons. The Bertz CT molecular complexity index is 1060. The molecule has 0 aliphatic carbocycles. The summed E-state index contributed by atoms with van der Waals surface area (Å²) in [5.74, 6) is 0.0684. The van der Waals surface area contributed by atoms with E-state index in [-0.39, 0.29) is 23.7 Å². The molecule has 0 saturated heterocycles. The first kappa shape index (κ1) is 24.9. The van der Waals surface area contributed by atoms with Crippen molar-refractivity contribution in [2.24, 2.45) is 11.8 Å². The third kappa shape index (κ3) is 6.08. The minimum Gasteiger partial charge on any atom is -0.281 e. The van der Waals surface area contributed by atoms with Gasteiger partial charge in [0.25, 0.3) is 0 Å². The first-order valence-corrected chi connectivity index (χ1v) is 12.4. The summed E-state index contributed by atoms with van der Waals surface area (Å²) in [5, 5.41) is 0. The molecule has 4 heteroatoms. The van der Waals surface area contributed by atoms with Gasteiger partial charge in [0.05, 0.1) is 0 Å². The molecule has 4 rings (SSSR count). The SMILES string of the molecule is C[C@@H](CC(=O)N(c1ccccc1)c1ccccc1)[C@@H](C)CC(=O)N(c1ccccc1)c1ccccc1. The van der Waals surface area contributed by atoms with Gasteiger partial charge in [0.2, 0.25) is 11.8 Å². The smallest absolute Gasteiger partial charge is 0.231 e. The third-order valence-electron chi connectivity index (χ3n) is 6.52. The van der Waals surface area contributed by atoms with Gasteiger partial charge in [-0.15, -0.1) is 0 Å². The molecule has 182 valence electrons. The van der Waals surface area contributed by atoms with Crippen LogP contribution < -0.4 is 9.80 Å². The molecule has 0 aliphatic rings. The van der Waals surface area contributed by atoms with Crippen LogP contribution in [0.2, 0.25) is 0 Å². The van der Waals surface area contributed by atoms with E-state index in [9.17, 15) is 9.59 Å². The first-order valence-electron chi connectivity index (χ1n) is 12.4. The lowest BCUT2D eigenvalue weighted by Crippen LogP contribution is -2.31. The second kappa shape index (κ2) is 12.0. The Kier molecular flexibility index (Phi) is 8.30. The molecule has 2 amide bonds. The Morgan fingerprint density at radius 2 is 0.694 bits per heavy atom. The Balaban J connectivity index is 1.49. The van der Waals surface area contributed by atoms with Crippen molar-refractivity contribution in [3.8, 4) is 0 Å². The van der Waals surface area contributed by atoms with Gasteiger partial charge in [0, 0.05) is 35.6 Å². The maximum Gasteiger partial charge on any atom is 0.231 e. The maximum atomic E-state index is 13.6. The monoisotopic (exact) mass is 476 g/mol. The van der Waals surface area contributed by atoms with Crippen LogP contribution in [0.1, 0.15) is 26.7 Å². The number of carbonyl (C=O) groups excluding carboxylic acids is 2. The van der Waals surface area contributed by atoms with Crippen LogP contribution in [0, 0.1) is 11.8 Å². The van der Waals surface area contributed by atoms with E-state index in [2.05, 4.69) is 13.8 Å². The lowest BCUT2D eigenvalue weighted by atomic mass is 9.89. The normalized spacial score (nSPS) is 12.4. The number of carbonyl (C=O) groups is 2. The molecule has 0 bridgehead atoms. The summed E-state index contributed by atoms with van der Waals surface area (Å²) in [4.78, 5) is 30.6. The summed E-state index contributed by atoms with van der Waals surface area (Å²) in [5.41, 5.74) is 3.35. The van der Waals surface area contributed by atoms with Crippen molar-refractivity contribution in [2.75, 3.05) is 9.80 Å². The molecule has 0 saturated carbocycles. The Labute approximate surface area is 213 Å². The molecule has 36 heavy (non-hydrogen) atoms. The van der Waals surface area contributed by atoms with Gasteiger partial charge in [-0.25, -0.2) is 0 Å². The molecule has 4 aromatic carbocycles. The predicted molar refractivity (Wildman–Crippen MR) is 148 cm³/mol. The van der Waals surface area contributed by atoms with Gasteiger partial charge in [-0.3, -0.25) is 19.4 Å². The molecule has 0 N–H and O–H groups in total. The van der Waals surface area contributed by atoms with Gasteiger partial charge in [0.15, 0.2) is 0 Å². The molecular formula is C32H32N2O2. The average Bonchev–Trinajstić information content (AvgIpc) is 2.91. The second-order valence-corrected chi connectivity index (χ2v) is 9.16. The van der Waals surface area contributed by atoms with Crippen LogP contribution >= 0.6 is 0 Å². The van der Waals surface area contributed by atoms with Crippen LogP contribution in [0.25, 0.3) is 0 Å². The van der Waals surface area contributed by atoms with E-state index in [1.165, 1.54) is 0 Å². The molecule has 2 atom stereocenters. The van der Waals surface area contributed by atoms with Crippen molar-refractivity contribution >= 4 is 34.6 Å². The van der Waals surface area contributed by atoms with Crippen molar-refractivity contribution in [2.45, 2.75) is 26.7 Å². The molecule has 0 unspecified atom stereocenters. The summed E-state index contributed by atoms with van der Waals surface area (Å²) in [6.45, 7) is 4.11. The fourth-order valence-electron chi connectivity index (χ4n) is 4.32. The fourth-order valence-corrected chi connectivity index (χ4v) is 4.32. The van der Waals surface area contributed by atoms with Crippen LogP contribution in [0.4, 0.5) is 22.7 Å². The van der Waals surface area contributed by atoms with E-state index >= 15 is 0 Å². The van der Waals surface area contributed by atoms with Gasteiger partial charge in [-0.2, -0.15) is 0 Å². The van der Waals surface area contributed by atoms with Crippen molar-refractivity contribution in [3.05, 3.63) is 121 Å². The molecule has 4 nitrogen and oxygen atoms in total. The lowest BCUT2D eigenvalue weighted by Gasteiger charge is -2.28. The van der Waals surface area contributed by atoms with Gasteiger partial charge in [-0.1, -0.05) is 86.6 Å². The highest BCUT2D eigenvalue weighted by Crippen LogP contribution is 2.31. The molecule has 0 spiro atoms. The number of hydrogen-bond donors (Lipinski definition) is 0. The van der Waals surface area contributed by atoms with Gasteiger partial charge < -0.3 is 0 Å². The van der Waals surface area contributed by atoms with E-state index in [4.69, 9.17) is 0 Å². The Morgan fingerprint density at radius 1 is 0.472 bits per heavy atom. The maximum absolute atomic E-state index is 13.6. The zero-order valence-electron chi connectivity index (χ0n) is 20.8. The van der Waals surface area contributed by atoms with E-state index in [1.807, 2.05) is 121 Å². The zero-order valence-corrected chi connectivity index (χ0v) is 20.8. The van der Waals surface area contributed by atoms with Gasteiger partial charge in [0.1, 0.15) is 0 Å². The highest BCUT2D eigenvalue weighted by atomic mass is 16.2. The zero-order chi connectivity index (χ0) is 25.3. The van der Waals surface area contributed by atoms with Crippen LogP contribution in [0.15, 0.2) is 121 Å².